The molecule has 0 radical (unpaired) electrons. The van der Waals surface area contributed by atoms with Gasteiger partial charge >= 0.3 is 0 Å². The summed E-state index contributed by atoms with van der Waals surface area (Å²) in [6.07, 6.45) is 0. The van der Waals surface area contributed by atoms with Crippen LogP contribution in [-0.2, 0) is 7.05 Å². The highest BCUT2D eigenvalue weighted by Crippen LogP contribution is 2.36. The molecule has 3 aromatic carbocycles. The van der Waals surface area contributed by atoms with E-state index in [2.05, 4.69) is 10.6 Å². The molecule has 0 bridgehead atoms. The number of aryl methyl sites for hydroxylation is 1. The first-order valence-corrected chi connectivity index (χ1v) is 9.76. The quantitative estimate of drug-likeness (QED) is 0.248. The molecule has 32 heavy (non-hydrogen) atoms. The normalized spacial score (nSPS) is 11.0. The molecule has 0 unspecified atom stereocenters. The third kappa shape index (κ3) is 3.18. The van der Waals surface area contributed by atoms with Crippen molar-refractivity contribution in [2.75, 3.05) is 0 Å². The van der Waals surface area contributed by atoms with Crippen molar-refractivity contribution in [1.82, 2.24) is 4.57 Å². The molecule has 5 nitrogen and oxygen atoms in total. The van der Waals surface area contributed by atoms with E-state index < -0.39 is 0 Å². The lowest BCUT2D eigenvalue weighted by atomic mass is 9.88. The Hall–Kier alpha value is -5.10. The zero-order valence-electron chi connectivity index (χ0n) is 17.2. The maximum Gasteiger partial charge on any atom is 0.148 e. The van der Waals surface area contributed by atoms with Crippen LogP contribution in [0.4, 0.5) is 0 Å². The molecule has 0 aliphatic carbocycles. The molecule has 0 amide bonds. The molecule has 4 rings (SSSR count). The summed E-state index contributed by atoms with van der Waals surface area (Å²) in [4.78, 5) is 0. The van der Waals surface area contributed by atoms with Gasteiger partial charge in [0.05, 0.1) is 11.1 Å². The molecule has 0 saturated carbocycles. The van der Waals surface area contributed by atoms with Crippen molar-refractivity contribution in [3.63, 3.8) is 0 Å². The molecule has 0 aliphatic heterocycles. The maximum absolute atomic E-state index is 10.2. The fraction of sp³-hybridized carbons (Fsp3) is 0.0370. The molecule has 0 fully saturated rings. The van der Waals surface area contributed by atoms with E-state index in [1.165, 1.54) is 0 Å². The van der Waals surface area contributed by atoms with Crippen molar-refractivity contribution in [3.8, 4) is 24.3 Å². The second-order valence-electron chi connectivity index (χ2n) is 7.12. The monoisotopic (exact) mass is 409 g/mol. The predicted molar refractivity (Wildman–Crippen MR) is 123 cm³/mol. The van der Waals surface area contributed by atoms with Crippen LogP contribution in [0.2, 0.25) is 0 Å². The van der Waals surface area contributed by atoms with E-state index in [1.807, 2.05) is 61.6 Å². The maximum atomic E-state index is 10.2. The fourth-order valence-electron chi connectivity index (χ4n) is 3.98. The topological polar surface area (TPSA) is 100 Å². The van der Waals surface area contributed by atoms with E-state index in [0.717, 1.165) is 21.8 Å². The molecular formula is C27H15N5. The number of fused-ring (bicyclic) bond motifs is 3. The summed E-state index contributed by atoms with van der Waals surface area (Å²) in [5.74, 6) is 0. The lowest BCUT2D eigenvalue weighted by Gasteiger charge is -2.11. The number of hydrogen-bond donors (Lipinski definition) is 0. The summed E-state index contributed by atoms with van der Waals surface area (Å²) in [7, 11) is 1.99. The van der Waals surface area contributed by atoms with Gasteiger partial charge in [0.15, 0.2) is 0 Å². The third-order valence-corrected chi connectivity index (χ3v) is 5.46. The minimum Gasteiger partial charge on any atom is -0.344 e. The molecule has 0 atom stereocenters. The summed E-state index contributed by atoms with van der Waals surface area (Å²) in [6.45, 7) is 0. The van der Waals surface area contributed by atoms with Crippen molar-refractivity contribution < 1.29 is 0 Å². The number of nitriles is 4. The highest BCUT2D eigenvalue weighted by molar-refractivity contribution is 6.11. The first-order valence-electron chi connectivity index (χ1n) is 9.76. The van der Waals surface area contributed by atoms with Gasteiger partial charge < -0.3 is 4.57 Å². The smallest absolute Gasteiger partial charge is 0.148 e. The summed E-state index contributed by atoms with van der Waals surface area (Å²) in [5.41, 5.74) is 3.33. The molecule has 1 heterocycles. The molecular weight excluding hydrogens is 394 g/mol. The SMILES string of the molecule is Cn1c2ccccc2c2cc(/C(C#N)=C(\C(C#N)=C(C#N)C#N)c3ccccc3)ccc21. The Morgan fingerprint density at radius 3 is 1.97 bits per heavy atom. The summed E-state index contributed by atoms with van der Waals surface area (Å²) < 4.78 is 2.09. The van der Waals surface area contributed by atoms with Crippen LogP contribution in [0, 0.1) is 45.3 Å². The number of allylic oxidation sites excluding steroid dienone is 4. The summed E-state index contributed by atoms with van der Waals surface area (Å²) in [5, 5.41) is 40.9. The molecule has 4 aromatic rings. The van der Waals surface area contributed by atoms with Gasteiger partial charge in [-0.25, -0.2) is 0 Å². The lowest BCUT2D eigenvalue weighted by Crippen LogP contribution is -1.97. The molecule has 0 spiro atoms. The average molecular weight is 409 g/mol. The van der Waals surface area contributed by atoms with Crippen molar-refractivity contribution in [1.29, 1.82) is 21.0 Å². The van der Waals surface area contributed by atoms with Crippen LogP contribution >= 0.6 is 0 Å². The van der Waals surface area contributed by atoms with Gasteiger partial charge in [-0.05, 0) is 29.3 Å². The van der Waals surface area contributed by atoms with Crippen LogP contribution in [0.25, 0.3) is 33.0 Å². The zero-order chi connectivity index (χ0) is 22.7. The molecule has 0 saturated heterocycles. The fourth-order valence-corrected chi connectivity index (χ4v) is 3.98. The van der Waals surface area contributed by atoms with Crippen LogP contribution in [0.15, 0.2) is 83.9 Å². The van der Waals surface area contributed by atoms with Gasteiger partial charge in [0.1, 0.15) is 29.8 Å². The first-order chi connectivity index (χ1) is 15.6. The Labute approximate surface area is 185 Å². The molecule has 0 N–H and O–H groups in total. The van der Waals surface area contributed by atoms with Gasteiger partial charge in [0, 0.05) is 34.4 Å². The number of nitrogens with zero attached hydrogens (tertiary/aromatic N) is 5. The molecule has 148 valence electrons. The predicted octanol–water partition coefficient (Wildman–Crippen LogP) is 5.63. The van der Waals surface area contributed by atoms with Crippen molar-refractivity contribution in [3.05, 3.63) is 95.1 Å². The van der Waals surface area contributed by atoms with E-state index in [9.17, 15) is 21.0 Å². The van der Waals surface area contributed by atoms with Crippen LogP contribution in [0.3, 0.4) is 0 Å². The van der Waals surface area contributed by atoms with Crippen LogP contribution in [-0.4, -0.2) is 4.57 Å². The highest BCUT2D eigenvalue weighted by Gasteiger charge is 2.21. The molecule has 0 aliphatic rings. The van der Waals surface area contributed by atoms with Crippen LogP contribution in [0.5, 0.6) is 0 Å². The number of para-hydroxylation sites is 1. The highest BCUT2D eigenvalue weighted by atomic mass is 14.9. The number of benzene rings is 3. The third-order valence-electron chi connectivity index (χ3n) is 5.46. The Bertz CT molecular complexity index is 1590. The first kappa shape index (κ1) is 20.2. The Morgan fingerprint density at radius 1 is 0.656 bits per heavy atom. The van der Waals surface area contributed by atoms with E-state index >= 15 is 0 Å². The van der Waals surface area contributed by atoms with Crippen LogP contribution < -0.4 is 0 Å². The molecule has 5 heteroatoms. The number of hydrogen-bond acceptors (Lipinski definition) is 4. The summed E-state index contributed by atoms with van der Waals surface area (Å²) in [6, 6.07) is 30.4. The minimum atomic E-state index is -0.328. The van der Waals surface area contributed by atoms with Gasteiger partial charge in [-0.1, -0.05) is 54.6 Å². The number of aromatic nitrogens is 1. The van der Waals surface area contributed by atoms with E-state index in [1.54, 1.807) is 36.4 Å². The van der Waals surface area contributed by atoms with Gasteiger partial charge in [-0.3, -0.25) is 0 Å². The Morgan fingerprint density at radius 2 is 1.31 bits per heavy atom. The van der Waals surface area contributed by atoms with E-state index in [4.69, 9.17) is 0 Å². The van der Waals surface area contributed by atoms with E-state index in [-0.39, 0.29) is 22.3 Å². The molecule has 1 aromatic heterocycles. The minimum absolute atomic E-state index is 0.115. The van der Waals surface area contributed by atoms with Gasteiger partial charge in [-0.15, -0.1) is 0 Å². The van der Waals surface area contributed by atoms with Gasteiger partial charge in [-0.2, -0.15) is 21.0 Å². The largest absolute Gasteiger partial charge is 0.344 e. The van der Waals surface area contributed by atoms with Gasteiger partial charge in [0.25, 0.3) is 0 Å². The standard InChI is InChI=1S/C27H15N5/c1-32-25-10-6-5-9-21(25)22-13-19(11-12-26(22)32)23(16-30)27(18-7-3-2-4-8-18)24(17-31)20(14-28)15-29/h2-13H,1H3/b27-23-. The Balaban J connectivity index is 2.12. The second-order valence-corrected chi connectivity index (χ2v) is 7.12. The summed E-state index contributed by atoms with van der Waals surface area (Å²) >= 11 is 0. The van der Waals surface area contributed by atoms with Gasteiger partial charge in [0.2, 0.25) is 0 Å². The van der Waals surface area contributed by atoms with E-state index in [0.29, 0.717) is 11.1 Å². The van der Waals surface area contributed by atoms with Crippen LogP contribution in [0.1, 0.15) is 11.1 Å². The van der Waals surface area contributed by atoms with Crippen molar-refractivity contribution in [2.45, 2.75) is 0 Å². The lowest BCUT2D eigenvalue weighted by molar-refractivity contribution is 1.01. The Kier molecular flexibility index (Phi) is 5.26. The van der Waals surface area contributed by atoms with Crippen molar-refractivity contribution >= 4 is 33.0 Å². The average Bonchev–Trinajstić information content (AvgIpc) is 3.13. The zero-order valence-corrected chi connectivity index (χ0v) is 17.2. The van der Waals surface area contributed by atoms with Crippen molar-refractivity contribution in [2.24, 2.45) is 7.05 Å². The second kappa shape index (κ2) is 8.33. The number of rotatable bonds is 3.